The normalized spacial score (nSPS) is 16.5. The first-order valence-corrected chi connectivity index (χ1v) is 8.02. The molecule has 3 N–H and O–H groups in total. The molecule has 1 aliphatic carbocycles. The topological polar surface area (TPSA) is 70.6 Å². The maximum atomic E-state index is 11.3. The molecule has 0 atom stereocenters. The summed E-state index contributed by atoms with van der Waals surface area (Å²) < 4.78 is 5.42. The number of amides is 1. The fourth-order valence-electron chi connectivity index (χ4n) is 2.83. The third kappa shape index (κ3) is 4.71. The number of likely N-dealkylation sites (N-methyl/N-ethyl adjacent to an activating group) is 1. The van der Waals surface area contributed by atoms with Gasteiger partial charge in [0.15, 0.2) is 6.61 Å². The number of hydrogen-bond acceptors (Lipinski definition) is 4. The lowest BCUT2D eigenvalue weighted by Gasteiger charge is -2.28. The van der Waals surface area contributed by atoms with E-state index in [-0.39, 0.29) is 24.7 Å². The quantitative estimate of drug-likeness (QED) is 0.682. The molecule has 0 aliphatic heterocycles. The van der Waals surface area contributed by atoms with Crippen molar-refractivity contribution in [3.05, 3.63) is 29.8 Å². The third-order valence-electron chi connectivity index (χ3n) is 4.20. The minimum Gasteiger partial charge on any atom is -0.484 e. The Morgan fingerprint density at radius 1 is 1.27 bits per heavy atom. The average molecular weight is 306 g/mol. The van der Waals surface area contributed by atoms with E-state index < -0.39 is 0 Å². The van der Waals surface area contributed by atoms with Crippen LogP contribution in [0.4, 0.5) is 0 Å². The molecule has 1 aliphatic rings. The number of aliphatic hydroxyl groups excluding tert-OH is 1. The van der Waals surface area contributed by atoms with Gasteiger partial charge in [-0.2, -0.15) is 0 Å². The molecule has 0 spiro atoms. The monoisotopic (exact) mass is 306 g/mol. The molecule has 1 aromatic carbocycles. The van der Waals surface area contributed by atoms with Gasteiger partial charge in [-0.1, -0.05) is 25.0 Å². The summed E-state index contributed by atoms with van der Waals surface area (Å²) in [5.41, 5.74) is 1.04. The van der Waals surface area contributed by atoms with Gasteiger partial charge in [0.25, 0.3) is 5.91 Å². The molecule has 122 valence electrons. The smallest absolute Gasteiger partial charge is 0.257 e. The van der Waals surface area contributed by atoms with Gasteiger partial charge in [0, 0.05) is 18.6 Å². The molecule has 0 bridgehead atoms. The summed E-state index contributed by atoms with van der Waals surface area (Å²) in [5, 5.41) is 15.8. The fraction of sp³-hybridized carbons (Fsp3) is 0.588. The first-order valence-electron chi connectivity index (χ1n) is 8.02. The van der Waals surface area contributed by atoms with Crippen LogP contribution in [-0.4, -0.2) is 36.3 Å². The zero-order valence-corrected chi connectivity index (χ0v) is 13.2. The predicted molar refractivity (Wildman–Crippen MR) is 85.7 cm³/mol. The average Bonchev–Trinajstić information content (AvgIpc) is 3.02. The molecule has 1 amide bonds. The molecule has 0 aromatic heterocycles. The maximum absolute atomic E-state index is 11.3. The van der Waals surface area contributed by atoms with Crippen LogP contribution in [0, 0.1) is 0 Å². The Kier molecular flexibility index (Phi) is 6.21. The lowest BCUT2D eigenvalue weighted by Crippen LogP contribution is -2.45. The van der Waals surface area contributed by atoms with E-state index in [0.29, 0.717) is 12.3 Å². The lowest BCUT2D eigenvalue weighted by molar-refractivity contribution is -0.122. The summed E-state index contributed by atoms with van der Waals surface area (Å²) in [5.74, 6) is 0.576. The molecule has 5 heteroatoms. The van der Waals surface area contributed by atoms with Crippen LogP contribution in [0.3, 0.4) is 0 Å². The first kappa shape index (κ1) is 16.8. The highest BCUT2D eigenvalue weighted by molar-refractivity contribution is 5.77. The van der Waals surface area contributed by atoms with Crippen LogP contribution in [0.25, 0.3) is 0 Å². The Labute approximate surface area is 132 Å². The summed E-state index contributed by atoms with van der Waals surface area (Å²) in [4.78, 5) is 11.3. The van der Waals surface area contributed by atoms with Gasteiger partial charge in [0.1, 0.15) is 5.75 Å². The second-order valence-electron chi connectivity index (χ2n) is 5.89. The van der Waals surface area contributed by atoms with E-state index in [9.17, 15) is 9.90 Å². The van der Waals surface area contributed by atoms with Crippen LogP contribution in [0.2, 0.25) is 0 Å². The molecule has 0 saturated heterocycles. The molecule has 1 aromatic rings. The molecule has 2 rings (SSSR count). The Bertz CT molecular complexity index is 467. The van der Waals surface area contributed by atoms with Crippen LogP contribution in [0.1, 0.15) is 38.2 Å². The van der Waals surface area contributed by atoms with Crippen LogP contribution in [0.15, 0.2) is 24.3 Å². The summed E-state index contributed by atoms with van der Waals surface area (Å²) in [6.45, 7) is 3.46. The number of nitrogens with one attached hydrogen (secondary N) is 2. The van der Waals surface area contributed by atoms with Crippen molar-refractivity contribution >= 4 is 5.91 Å². The number of benzene rings is 1. The van der Waals surface area contributed by atoms with E-state index in [1.54, 1.807) is 0 Å². The zero-order chi connectivity index (χ0) is 15.8. The van der Waals surface area contributed by atoms with Crippen molar-refractivity contribution in [2.24, 2.45) is 0 Å². The van der Waals surface area contributed by atoms with Gasteiger partial charge < -0.3 is 20.5 Å². The minimum absolute atomic E-state index is 0.0407. The molecule has 1 saturated carbocycles. The molecule has 5 nitrogen and oxygen atoms in total. The van der Waals surface area contributed by atoms with Gasteiger partial charge in [0.2, 0.25) is 0 Å². The molecule has 0 heterocycles. The van der Waals surface area contributed by atoms with Crippen molar-refractivity contribution in [1.29, 1.82) is 0 Å². The van der Waals surface area contributed by atoms with E-state index in [1.807, 2.05) is 31.2 Å². The van der Waals surface area contributed by atoms with Crippen LogP contribution >= 0.6 is 0 Å². The molecular weight excluding hydrogens is 280 g/mol. The zero-order valence-electron chi connectivity index (χ0n) is 13.2. The Hall–Kier alpha value is -1.59. The van der Waals surface area contributed by atoms with Gasteiger partial charge in [0.05, 0.1) is 6.61 Å². The molecule has 0 radical (unpaired) electrons. The van der Waals surface area contributed by atoms with Gasteiger partial charge in [-0.25, -0.2) is 0 Å². The highest BCUT2D eigenvalue weighted by Gasteiger charge is 2.32. The number of rotatable bonds is 8. The van der Waals surface area contributed by atoms with E-state index in [0.717, 1.165) is 24.9 Å². The van der Waals surface area contributed by atoms with Gasteiger partial charge in [-0.15, -0.1) is 0 Å². The number of carbonyl (C=O) groups excluding carboxylic acids is 1. The third-order valence-corrected chi connectivity index (χ3v) is 4.20. The van der Waals surface area contributed by atoms with Gasteiger partial charge in [-0.3, -0.25) is 4.79 Å². The number of hydrogen-bond donors (Lipinski definition) is 3. The second-order valence-corrected chi connectivity index (χ2v) is 5.89. The van der Waals surface area contributed by atoms with Crippen molar-refractivity contribution < 1.29 is 14.6 Å². The molecule has 0 unspecified atom stereocenters. The largest absolute Gasteiger partial charge is 0.484 e. The SMILES string of the molecule is CCNC(=O)COc1ccc(CNC2(CO)CCCC2)cc1. The highest BCUT2D eigenvalue weighted by Crippen LogP contribution is 2.29. The Morgan fingerprint density at radius 3 is 2.55 bits per heavy atom. The molecular formula is C17H26N2O3. The Morgan fingerprint density at radius 2 is 1.95 bits per heavy atom. The second kappa shape index (κ2) is 8.15. The predicted octanol–water partition coefficient (Wildman–Crippen LogP) is 1.60. The van der Waals surface area contributed by atoms with Crippen molar-refractivity contribution in [2.75, 3.05) is 19.8 Å². The number of carbonyl (C=O) groups is 1. The molecule has 1 fully saturated rings. The standard InChI is InChI=1S/C17H26N2O3/c1-2-18-16(21)12-22-15-7-5-14(6-8-15)11-19-17(13-20)9-3-4-10-17/h5-8,19-20H,2-4,9-13H2,1H3,(H,18,21). The van der Waals surface area contributed by atoms with Crippen molar-refractivity contribution in [3.63, 3.8) is 0 Å². The Balaban J connectivity index is 1.80. The summed E-state index contributed by atoms with van der Waals surface area (Å²) >= 11 is 0. The summed E-state index contributed by atoms with van der Waals surface area (Å²) in [6.07, 6.45) is 4.44. The summed E-state index contributed by atoms with van der Waals surface area (Å²) in [7, 11) is 0. The van der Waals surface area contributed by atoms with Crippen LogP contribution in [0.5, 0.6) is 5.75 Å². The molecule has 22 heavy (non-hydrogen) atoms. The highest BCUT2D eigenvalue weighted by atomic mass is 16.5. The first-order chi connectivity index (χ1) is 10.7. The van der Waals surface area contributed by atoms with E-state index in [4.69, 9.17) is 4.74 Å². The van der Waals surface area contributed by atoms with Crippen molar-refractivity contribution in [2.45, 2.75) is 44.7 Å². The van der Waals surface area contributed by atoms with E-state index >= 15 is 0 Å². The van der Waals surface area contributed by atoms with Crippen molar-refractivity contribution in [3.8, 4) is 5.75 Å². The van der Waals surface area contributed by atoms with Crippen LogP contribution < -0.4 is 15.4 Å². The minimum atomic E-state index is -0.112. The van der Waals surface area contributed by atoms with E-state index in [2.05, 4.69) is 10.6 Å². The fourth-order valence-corrected chi connectivity index (χ4v) is 2.83. The van der Waals surface area contributed by atoms with Gasteiger partial charge >= 0.3 is 0 Å². The lowest BCUT2D eigenvalue weighted by atomic mass is 9.98. The summed E-state index contributed by atoms with van der Waals surface area (Å²) in [6, 6.07) is 7.72. The number of ether oxygens (including phenoxy) is 1. The number of aliphatic hydroxyl groups is 1. The van der Waals surface area contributed by atoms with Gasteiger partial charge in [-0.05, 0) is 37.5 Å². The van der Waals surface area contributed by atoms with Crippen molar-refractivity contribution in [1.82, 2.24) is 10.6 Å². The van der Waals surface area contributed by atoms with Crippen LogP contribution in [-0.2, 0) is 11.3 Å². The van der Waals surface area contributed by atoms with E-state index in [1.165, 1.54) is 12.8 Å². The maximum Gasteiger partial charge on any atom is 0.257 e.